The van der Waals surface area contributed by atoms with Gasteiger partial charge in [-0.05, 0) is 43.9 Å². The molecule has 0 aromatic rings. The second-order valence-corrected chi connectivity index (χ2v) is 10.7. The minimum Gasteiger partial charge on any atom is -0.396 e. The van der Waals surface area contributed by atoms with E-state index in [9.17, 15) is 20.4 Å². The average molecular weight is 427 g/mol. The minimum atomic E-state index is -1.35. The summed E-state index contributed by atoms with van der Waals surface area (Å²) >= 11 is 4.04. The highest BCUT2D eigenvalue weighted by Gasteiger charge is 2.73. The summed E-state index contributed by atoms with van der Waals surface area (Å²) in [6.07, 6.45) is 9.21. The third kappa shape index (κ3) is 2.04. The van der Waals surface area contributed by atoms with Crippen molar-refractivity contribution in [2.75, 3.05) is 6.61 Å². The number of halogens is 1. The Kier molecular flexibility index (Phi) is 4.34. The van der Waals surface area contributed by atoms with E-state index in [0.717, 1.165) is 19.3 Å². The van der Waals surface area contributed by atoms with E-state index in [2.05, 4.69) is 41.1 Å². The Bertz CT molecular complexity index is 662. The molecule has 3 saturated carbocycles. The van der Waals surface area contributed by atoms with Crippen LogP contribution in [-0.2, 0) is 0 Å². The molecule has 0 aromatic carbocycles. The van der Waals surface area contributed by atoms with Gasteiger partial charge in [0.15, 0.2) is 0 Å². The highest BCUT2D eigenvalue weighted by molar-refractivity contribution is 9.10. The predicted molar refractivity (Wildman–Crippen MR) is 104 cm³/mol. The van der Waals surface area contributed by atoms with Gasteiger partial charge in [-0.2, -0.15) is 0 Å². The van der Waals surface area contributed by atoms with Crippen molar-refractivity contribution >= 4 is 15.9 Å². The molecule has 8 atom stereocenters. The Morgan fingerprint density at radius 1 is 1.19 bits per heavy atom. The van der Waals surface area contributed by atoms with E-state index in [-0.39, 0.29) is 30.3 Å². The predicted octanol–water partition coefficient (Wildman–Crippen LogP) is 2.69. The fraction of sp³-hybridized carbons (Fsp3) is 0.810. The molecule has 3 fully saturated rings. The lowest BCUT2D eigenvalue weighted by molar-refractivity contribution is -0.177. The van der Waals surface area contributed by atoms with Crippen LogP contribution in [-0.4, -0.2) is 49.2 Å². The number of fused-ring (bicyclic) bond motifs is 5. The third-order valence-electron chi connectivity index (χ3n) is 8.60. The van der Waals surface area contributed by atoms with Gasteiger partial charge in [0, 0.05) is 23.9 Å². The lowest BCUT2D eigenvalue weighted by Gasteiger charge is -2.64. The summed E-state index contributed by atoms with van der Waals surface area (Å²) < 4.78 is -0.491. The number of hydrogen-bond donors (Lipinski definition) is 4. The van der Waals surface area contributed by atoms with Gasteiger partial charge in [-0.15, -0.1) is 0 Å². The Balaban J connectivity index is 1.81. The molecule has 0 radical (unpaired) electrons. The second kappa shape index (κ2) is 5.90. The van der Waals surface area contributed by atoms with Crippen LogP contribution in [0.5, 0.6) is 0 Å². The number of alkyl halides is 1. The number of aliphatic hydroxyl groups is 4. The van der Waals surface area contributed by atoms with Crippen molar-refractivity contribution in [1.29, 1.82) is 0 Å². The van der Waals surface area contributed by atoms with E-state index < -0.39 is 27.5 Å². The molecule has 146 valence electrons. The normalized spacial score (nSPS) is 55.7. The minimum absolute atomic E-state index is 0.102. The van der Waals surface area contributed by atoms with E-state index in [1.54, 1.807) is 0 Å². The summed E-state index contributed by atoms with van der Waals surface area (Å²) in [7, 11) is 0. The molecular formula is C21H31BrO4. The first-order valence-corrected chi connectivity index (χ1v) is 10.7. The first-order chi connectivity index (χ1) is 12.1. The zero-order chi connectivity index (χ0) is 19.0. The fourth-order valence-electron chi connectivity index (χ4n) is 7.07. The number of hydrogen-bond acceptors (Lipinski definition) is 4. The molecule has 4 rings (SSSR count). The molecule has 26 heavy (non-hydrogen) atoms. The molecule has 0 amide bonds. The van der Waals surface area contributed by atoms with E-state index in [4.69, 9.17) is 0 Å². The molecule has 4 N–H and O–H groups in total. The molecule has 0 bridgehead atoms. The summed E-state index contributed by atoms with van der Waals surface area (Å²) in [6, 6.07) is 0. The van der Waals surface area contributed by atoms with Crippen LogP contribution >= 0.6 is 15.9 Å². The topological polar surface area (TPSA) is 80.9 Å². The van der Waals surface area contributed by atoms with Gasteiger partial charge in [0.25, 0.3) is 0 Å². The van der Waals surface area contributed by atoms with Crippen LogP contribution in [0.15, 0.2) is 23.8 Å². The van der Waals surface area contributed by atoms with Crippen LogP contribution in [0.3, 0.4) is 0 Å². The van der Waals surface area contributed by atoms with Gasteiger partial charge in [-0.25, -0.2) is 0 Å². The lowest BCUT2D eigenvalue weighted by Crippen LogP contribution is -2.67. The molecule has 0 saturated heterocycles. The highest BCUT2D eigenvalue weighted by Crippen LogP contribution is 2.71. The van der Waals surface area contributed by atoms with E-state index in [0.29, 0.717) is 12.8 Å². The van der Waals surface area contributed by atoms with Gasteiger partial charge < -0.3 is 20.4 Å². The third-order valence-corrected chi connectivity index (χ3v) is 10.5. The Morgan fingerprint density at radius 2 is 1.92 bits per heavy atom. The fourth-order valence-corrected chi connectivity index (χ4v) is 8.17. The van der Waals surface area contributed by atoms with Crippen LogP contribution in [0.25, 0.3) is 0 Å². The average Bonchev–Trinajstić information content (AvgIpc) is 2.77. The van der Waals surface area contributed by atoms with E-state index >= 15 is 0 Å². The van der Waals surface area contributed by atoms with Gasteiger partial charge in [0.1, 0.15) is 0 Å². The first kappa shape index (κ1) is 19.1. The van der Waals surface area contributed by atoms with Crippen molar-refractivity contribution in [2.45, 2.75) is 74.5 Å². The maximum Gasteiger partial charge on any atom is 0.0984 e. The van der Waals surface area contributed by atoms with Crippen molar-refractivity contribution in [3.8, 4) is 0 Å². The maximum atomic E-state index is 11.4. The molecule has 4 aliphatic rings. The van der Waals surface area contributed by atoms with Gasteiger partial charge in [0.2, 0.25) is 0 Å². The van der Waals surface area contributed by atoms with Crippen molar-refractivity contribution in [3.05, 3.63) is 23.8 Å². The number of aliphatic hydroxyl groups excluding tert-OH is 3. The standard InChI is InChI=1S/C21H31BrO4/c1-18-8-4-3-5-13(18)6-7-14-15-11-16(24)20(26,9-10-23)19(15,2)12-17(25)21(14,18)22/h4-5,8,14-17,23-26H,3,6-7,9-12H2,1-2H3/t14-,15-,16?,17?,18-,19-,20+,21-/m0/s1. The molecule has 0 heterocycles. The Morgan fingerprint density at radius 3 is 2.62 bits per heavy atom. The van der Waals surface area contributed by atoms with Crippen LogP contribution in [0.1, 0.15) is 52.4 Å². The second-order valence-electron chi connectivity index (χ2n) is 9.38. The van der Waals surface area contributed by atoms with Gasteiger partial charge in [-0.3, -0.25) is 0 Å². The molecule has 5 heteroatoms. The molecule has 0 aliphatic heterocycles. The largest absolute Gasteiger partial charge is 0.396 e. The smallest absolute Gasteiger partial charge is 0.0984 e. The molecule has 0 aromatic heterocycles. The highest BCUT2D eigenvalue weighted by atomic mass is 79.9. The van der Waals surface area contributed by atoms with Crippen molar-refractivity contribution in [3.63, 3.8) is 0 Å². The van der Waals surface area contributed by atoms with E-state index in [1.807, 2.05) is 6.92 Å². The Hall–Kier alpha value is -0.200. The van der Waals surface area contributed by atoms with E-state index in [1.165, 1.54) is 5.57 Å². The van der Waals surface area contributed by atoms with Crippen molar-refractivity contribution < 1.29 is 20.4 Å². The molecule has 4 aliphatic carbocycles. The molecular weight excluding hydrogens is 396 g/mol. The van der Waals surface area contributed by atoms with Crippen LogP contribution < -0.4 is 0 Å². The van der Waals surface area contributed by atoms with Crippen molar-refractivity contribution in [2.24, 2.45) is 22.7 Å². The SMILES string of the molecule is C[C@]12C=CCC=C1CC[C@H]1[C@@H]3CC(O)[C@](O)(CCO)[C@@]3(C)CC(O)[C@@]12Br. The molecule has 2 unspecified atom stereocenters. The molecule has 4 nitrogen and oxygen atoms in total. The maximum absolute atomic E-state index is 11.4. The van der Waals surface area contributed by atoms with Crippen LogP contribution in [0.4, 0.5) is 0 Å². The van der Waals surface area contributed by atoms with Gasteiger partial charge >= 0.3 is 0 Å². The zero-order valence-corrected chi connectivity index (χ0v) is 17.2. The molecule has 0 spiro atoms. The van der Waals surface area contributed by atoms with Crippen molar-refractivity contribution in [1.82, 2.24) is 0 Å². The quantitative estimate of drug-likeness (QED) is 0.404. The number of rotatable bonds is 2. The van der Waals surface area contributed by atoms with Gasteiger partial charge in [-0.1, -0.05) is 53.6 Å². The summed E-state index contributed by atoms with van der Waals surface area (Å²) in [5.74, 6) is 0.258. The van der Waals surface area contributed by atoms with Crippen LogP contribution in [0.2, 0.25) is 0 Å². The first-order valence-electron chi connectivity index (χ1n) is 9.90. The summed E-state index contributed by atoms with van der Waals surface area (Å²) in [5.41, 5.74) is -0.814. The summed E-state index contributed by atoms with van der Waals surface area (Å²) in [5, 5.41) is 43.0. The van der Waals surface area contributed by atoms with Gasteiger partial charge in [0.05, 0.1) is 22.1 Å². The lowest BCUT2D eigenvalue weighted by atomic mass is 9.46. The number of allylic oxidation sites excluding steroid dienone is 4. The summed E-state index contributed by atoms with van der Waals surface area (Å²) in [6.45, 7) is 4.06. The zero-order valence-electron chi connectivity index (χ0n) is 15.7. The Labute approximate surface area is 164 Å². The monoisotopic (exact) mass is 426 g/mol. The van der Waals surface area contributed by atoms with Crippen LogP contribution in [0, 0.1) is 22.7 Å². The summed E-state index contributed by atoms with van der Waals surface area (Å²) in [4.78, 5) is 0.